The van der Waals surface area contributed by atoms with E-state index in [9.17, 15) is 0 Å². The third-order valence-corrected chi connectivity index (χ3v) is 2.60. The lowest BCUT2D eigenvalue weighted by molar-refractivity contribution is 0.323. The highest BCUT2D eigenvalue weighted by Crippen LogP contribution is 2.15. The molecule has 5 nitrogen and oxygen atoms in total. The Morgan fingerprint density at radius 1 is 1.24 bits per heavy atom. The van der Waals surface area contributed by atoms with Crippen molar-refractivity contribution < 1.29 is 4.74 Å². The van der Waals surface area contributed by atoms with Crippen molar-refractivity contribution in [3.63, 3.8) is 0 Å². The number of nitrogens with zero attached hydrogens (tertiary/aromatic N) is 2. The first-order valence-corrected chi connectivity index (χ1v) is 6.48. The first-order valence-electron chi connectivity index (χ1n) is 6.48. The van der Waals surface area contributed by atoms with Crippen molar-refractivity contribution in [2.24, 2.45) is 10.7 Å². The lowest BCUT2D eigenvalue weighted by Crippen LogP contribution is -2.22. The minimum Gasteiger partial charge on any atom is -0.478 e. The highest BCUT2D eigenvalue weighted by molar-refractivity contribution is 14.0. The van der Waals surface area contributed by atoms with E-state index in [0.717, 1.165) is 11.3 Å². The average Bonchev–Trinajstić information content (AvgIpc) is 2.48. The second-order valence-corrected chi connectivity index (χ2v) is 4.09. The Kier molecular flexibility index (Phi) is 7.52. The largest absolute Gasteiger partial charge is 0.478 e. The van der Waals surface area contributed by atoms with Crippen molar-refractivity contribution >= 4 is 35.6 Å². The molecule has 2 aromatic rings. The van der Waals surface area contributed by atoms with Crippen LogP contribution in [0.4, 0.5) is 5.69 Å². The summed E-state index contributed by atoms with van der Waals surface area (Å²) in [6.07, 6.45) is 1.70. The van der Waals surface area contributed by atoms with Gasteiger partial charge < -0.3 is 15.8 Å². The molecule has 0 saturated heterocycles. The number of rotatable bonds is 5. The molecule has 2 rings (SSSR count). The van der Waals surface area contributed by atoms with Gasteiger partial charge in [-0.15, -0.1) is 24.0 Å². The lowest BCUT2D eigenvalue weighted by atomic mass is 10.3. The molecular weight excluding hydrogens is 379 g/mol. The summed E-state index contributed by atoms with van der Waals surface area (Å²) < 4.78 is 5.45. The van der Waals surface area contributed by atoms with Crippen molar-refractivity contribution in [3.8, 4) is 5.88 Å². The molecule has 0 spiro atoms. The van der Waals surface area contributed by atoms with Crippen LogP contribution in [-0.2, 0) is 6.54 Å². The minimum absolute atomic E-state index is 0. The van der Waals surface area contributed by atoms with Gasteiger partial charge in [0.15, 0.2) is 5.96 Å². The van der Waals surface area contributed by atoms with Crippen LogP contribution < -0.4 is 15.8 Å². The van der Waals surface area contributed by atoms with Crippen LogP contribution >= 0.6 is 24.0 Å². The van der Waals surface area contributed by atoms with Crippen molar-refractivity contribution in [3.05, 3.63) is 54.2 Å². The van der Waals surface area contributed by atoms with Crippen LogP contribution in [0.2, 0.25) is 0 Å². The van der Waals surface area contributed by atoms with Crippen LogP contribution in [0.15, 0.2) is 53.7 Å². The van der Waals surface area contributed by atoms with Gasteiger partial charge in [-0.2, -0.15) is 0 Å². The molecule has 112 valence electrons. The van der Waals surface area contributed by atoms with Gasteiger partial charge in [-0.05, 0) is 25.1 Å². The fourth-order valence-electron chi connectivity index (χ4n) is 1.69. The fraction of sp³-hybridized carbons (Fsp3) is 0.200. The highest BCUT2D eigenvalue weighted by Gasteiger charge is 2.03. The summed E-state index contributed by atoms with van der Waals surface area (Å²) in [5, 5.41) is 3.03. The Hall–Kier alpha value is -1.83. The van der Waals surface area contributed by atoms with E-state index < -0.39 is 0 Å². The SMILES string of the molecule is CCOc1ncccc1CN=C(N)Nc1ccccc1.I. The highest BCUT2D eigenvalue weighted by atomic mass is 127. The standard InChI is InChI=1S/C15H18N4O.HI/c1-2-20-14-12(7-6-10-17-14)11-18-15(16)19-13-8-4-3-5-9-13;/h3-10H,2,11H2,1H3,(H3,16,18,19);1H. The van der Waals surface area contributed by atoms with Crippen LogP contribution in [0.25, 0.3) is 0 Å². The zero-order valence-electron chi connectivity index (χ0n) is 11.8. The third kappa shape index (κ3) is 5.58. The summed E-state index contributed by atoms with van der Waals surface area (Å²) in [6.45, 7) is 2.92. The summed E-state index contributed by atoms with van der Waals surface area (Å²) in [5.74, 6) is 0.966. The second kappa shape index (κ2) is 9.17. The van der Waals surface area contributed by atoms with Gasteiger partial charge >= 0.3 is 0 Å². The van der Waals surface area contributed by atoms with Gasteiger partial charge in [-0.1, -0.05) is 24.3 Å². The Balaban J connectivity index is 0.00000220. The van der Waals surface area contributed by atoms with Gasteiger partial charge in [0.2, 0.25) is 5.88 Å². The first kappa shape index (κ1) is 17.2. The summed E-state index contributed by atoms with van der Waals surface area (Å²) in [7, 11) is 0. The summed E-state index contributed by atoms with van der Waals surface area (Å²) >= 11 is 0. The van der Waals surface area contributed by atoms with Gasteiger partial charge in [0.05, 0.1) is 13.2 Å². The monoisotopic (exact) mass is 398 g/mol. The number of ether oxygens (including phenoxy) is 1. The number of hydrogen-bond acceptors (Lipinski definition) is 3. The second-order valence-electron chi connectivity index (χ2n) is 4.09. The number of pyridine rings is 1. The average molecular weight is 398 g/mol. The Morgan fingerprint density at radius 3 is 2.71 bits per heavy atom. The molecule has 0 aliphatic rings. The van der Waals surface area contributed by atoms with E-state index in [0.29, 0.717) is 25.0 Å². The van der Waals surface area contributed by atoms with Crippen LogP contribution in [-0.4, -0.2) is 17.6 Å². The number of nitrogens with two attached hydrogens (primary N) is 1. The van der Waals surface area contributed by atoms with Gasteiger partial charge in [0.1, 0.15) is 0 Å². The molecule has 3 N–H and O–H groups in total. The smallest absolute Gasteiger partial charge is 0.218 e. The van der Waals surface area contributed by atoms with Crippen molar-refractivity contribution in [2.45, 2.75) is 13.5 Å². The van der Waals surface area contributed by atoms with Crippen molar-refractivity contribution in [1.82, 2.24) is 4.98 Å². The van der Waals surface area contributed by atoms with Crippen molar-refractivity contribution in [2.75, 3.05) is 11.9 Å². The molecule has 0 amide bonds. The zero-order chi connectivity index (χ0) is 14.2. The van der Waals surface area contributed by atoms with Crippen LogP contribution in [0.5, 0.6) is 5.88 Å². The predicted octanol–water partition coefficient (Wildman–Crippen LogP) is 3.03. The number of nitrogens with one attached hydrogen (secondary N) is 1. The maximum atomic E-state index is 5.86. The molecule has 0 aliphatic carbocycles. The molecule has 1 aromatic carbocycles. The van der Waals surface area contributed by atoms with E-state index in [1.807, 2.05) is 49.4 Å². The predicted molar refractivity (Wildman–Crippen MR) is 96.2 cm³/mol. The first-order chi connectivity index (χ1) is 9.79. The third-order valence-electron chi connectivity index (χ3n) is 2.60. The number of anilines is 1. The molecule has 0 radical (unpaired) electrons. The quantitative estimate of drug-likeness (QED) is 0.462. The van der Waals surface area contributed by atoms with E-state index in [4.69, 9.17) is 10.5 Å². The number of aromatic nitrogens is 1. The Labute approximate surface area is 141 Å². The molecule has 21 heavy (non-hydrogen) atoms. The molecule has 1 aromatic heterocycles. The van der Waals surface area contributed by atoms with Gasteiger partial charge in [0, 0.05) is 17.4 Å². The molecule has 0 unspecified atom stereocenters. The molecule has 0 bridgehead atoms. The molecule has 1 heterocycles. The molecule has 6 heteroatoms. The van der Waals surface area contributed by atoms with Crippen molar-refractivity contribution in [1.29, 1.82) is 0 Å². The van der Waals surface area contributed by atoms with E-state index in [1.54, 1.807) is 6.20 Å². The zero-order valence-corrected chi connectivity index (χ0v) is 14.2. The number of guanidine groups is 1. The maximum absolute atomic E-state index is 5.86. The van der Waals surface area contributed by atoms with E-state index in [2.05, 4.69) is 15.3 Å². The minimum atomic E-state index is 0. The topological polar surface area (TPSA) is 72.5 Å². The molecule has 0 fully saturated rings. The fourth-order valence-corrected chi connectivity index (χ4v) is 1.69. The van der Waals surface area contributed by atoms with Gasteiger partial charge in [0.25, 0.3) is 0 Å². The molecule has 0 atom stereocenters. The number of hydrogen-bond donors (Lipinski definition) is 2. The van der Waals surface area contributed by atoms with Crippen LogP contribution in [0, 0.1) is 0 Å². The number of aliphatic imine (C=N–C) groups is 1. The summed E-state index contributed by atoms with van der Waals surface area (Å²) in [5.41, 5.74) is 7.67. The molecular formula is C15H19IN4O. The van der Waals surface area contributed by atoms with E-state index >= 15 is 0 Å². The number of benzene rings is 1. The maximum Gasteiger partial charge on any atom is 0.218 e. The Bertz CT molecular complexity index is 575. The van der Waals surface area contributed by atoms with E-state index in [1.165, 1.54) is 0 Å². The van der Waals surface area contributed by atoms with Gasteiger partial charge in [-0.25, -0.2) is 9.98 Å². The number of para-hydroxylation sites is 1. The normalized spacial score (nSPS) is 10.6. The van der Waals surface area contributed by atoms with Crippen LogP contribution in [0.1, 0.15) is 12.5 Å². The Morgan fingerprint density at radius 2 is 2.00 bits per heavy atom. The number of halogens is 1. The summed E-state index contributed by atoms with van der Waals surface area (Å²) in [4.78, 5) is 8.47. The molecule has 0 aliphatic heterocycles. The van der Waals surface area contributed by atoms with Gasteiger partial charge in [-0.3, -0.25) is 0 Å². The molecule has 0 saturated carbocycles. The lowest BCUT2D eigenvalue weighted by Gasteiger charge is -2.08. The van der Waals surface area contributed by atoms with Crippen LogP contribution in [0.3, 0.4) is 0 Å². The summed E-state index contributed by atoms with van der Waals surface area (Å²) in [6, 6.07) is 13.5. The van der Waals surface area contributed by atoms with E-state index in [-0.39, 0.29) is 24.0 Å².